The molecule has 1 atom stereocenters. The highest BCUT2D eigenvalue weighted by Crippen LogP contribution is 2.44. The molecule has 12 nitrogen and oxygen atoms in total. The molecule has 2 aromatic heterocycles. The number of nitrogens with one attached hydrogen (secondary N) is 2. The van der Waals surface area contributed by atoms with Gasteiger partial charge in [0.15, 0.2) is 23.0 Å². The summed E-state index contributed by atoms with van der Waals surface area (Å²) in [4.78, 5) is 32.1. The first kappa shape index (κ1) is 24.3. The van der Waals surface area contributed by atoms with Crippen LogP contribution < -0.4 is 24.3 Å². The Hall–Kier alpha value is -4.52. The van der Waals surface area contributed by atoms with Crippen LogP contribution in [0.4, 0.5) is 0 Å². The zero-order valence-corrected chi connectivity index (χ0v) is 21.9. The lowest BCUT2D eigenvalue weighted by Crippen LogP contribution is -2.41. The van der Waals surface area contributed by atoms with Crippen molar-refractivity contribution in [1.29, 1.82) is 0 Å². The molecule has 41 heavy (non-hydrogen) atoms. The molecule has 1 fully saturated rings. The van der Waals surface area contributed by atoms with Gasteiger partial charge < -0.3 is 38.3 Å². The Kier molecular flexibility index (Phi) is 5.49. The molecule has 0 spiro atoms. The minimum Gasteiger partial charge on any atom is -0.454 e. The van der Waals surface area contributed by atoms with E-state index in [9.17, 15) is 14.7 Å². The lowest BCUT2D eigenvalue weighted by atomic mass is 9.95. The van der Waals surface area contributed by atoms with Crippen LogP contribution in [-0.2, 0) is 20.9 Å². The normalized spacial score (nSPS) is 19.1. The SMILES string of the molecule is O=C1NC(=O)C(c2cn(CC(O)CN3CCOCC3)c3cc4c(cc23)OCO4)=C1c1c[nH]c2cc3c(cc12)OCO3. The van der Waals surface area contributed by atoms with Crippen LogP contribution in [0.2, 0.25) is 0 Å². The maximum Gasteiger partial charge on any atom is 0.259 e. The number of nitrogens with zero attached hydrogens (tertiary/aromatic N) is 2. The summed E-state index contributed by atoms with van der Waals surface area (Å²) in [5.74, 6) is 1.34. The minimum absolute atomic E-state index is 0.0926. The fraction of sp³-hybridized carbons (Fsp3) is 0.310. The van der Waals surface area contributed by atoms with E-state index in [0.29, 0.717) is 59.3 Å². The molecule has 4 aliphatic heterocycles. The smallest absolute Gasteiger partial charge is 0.259 e. The molecule has 8 rings (SSSR count). The summed E-state index contributed by atoms with van der Waals surface area (Å²) in [5, 5.41) is 15.0. The highest BCUT2D eigenvalue weighted by Gasteiger charge is 2.36. The van der Waals surface area contributed by atoms with Crippen molar-refractivity contribution in [3.05, 3.63) is 47.8 Å². The van der Waals surface area contributed by atoms with Crippen molar-refractivity contribution in [3.63, 3.8) is 0 Å². The summed E-state index contributed by atoms with van der Waals surface area (Å²) in [6.07, 6.45) is 2.86. The van der Waals surface area contributed by atoms with Crippen molar-refractivity contribution in [1.82, 2.24) is 19.8 Å². The van der Waals surface area contributed by atoms with Crippen molar-refractivity contribution in [3.8, 4) is 23.0 Å². The summed E-state index contributed by atoms with van der Waals surface area (Å²) < 4.78 is 29.7. The standard InChI is InChI=1S/C29H26N4O8/c34-15(10-32-1-3-37-4-2-32)11-33-12-19(17-6-23-25(8-21(17)33)41-14-39-23)27-26(28(35)31-29(27)36)18-9-30-20-7-24-22(5-16(18)20)38-13-40-24/h5-9,12,15,30,34H,1-4,10-11,13-14H2,(H,31,35,36). The van der Waals surface area contributed by atoms with Crippen molar-refractivity contribution in [2.45, 2.75) is 12.6 Å². The Labute approximate surface area is 233 Å². The Morgan fingerprint density at radius 1 is 0.805 bits per heavy atom. The monoisotopic (exact) mass is 558 g/mol. The highest BCUT2D eigenvalue weighted by atomic mass is 16.7. The molecule has 2 aromatic carbocycles. The lowest BCUT2D eigenvalue weighted by Gasteiger charge is -2.28. The van der Waals surface area contributed by atoms with Gasteiger partial charge in [0.1, 0.15) is 0 Å². The highest BCUT2D eigenvalue weighted by molar-refractivity contribution is 6.50. The zero-order valence-electron chi connectivity index (χ0n) is 21.9. The summed E-state index contributed by atoms with van der Waals surface area (Å²) >= 11 is 0. The third kappa shape index (κ3) is 3.94. The van der Waals surface area contributed by atoms with Gasteiger partial charge in [0.2, 0.25) is 13.6 Å². The molecule has 0 aliphatic carbocycles. The number of aromatic amines is 1. The lowest BCUT2D eigenvalue weighted by molar-refractivity contribution is -0.122. The molecule has 4 aliphatic rings. The molecule has 3 N–H and O–H groups in total. The van der Waals surface area contributed by atoms with E-state index in [1.807, 2.05) is 35.0 Å². The number of hydrogen-bond donors (Lipinski definition) is 3. The third-order valence-electron chi connectivity index (χ3n) is 8.00. The number of rotatable bonds is 6. The van der Waals surface area contributed by atoms with Gasteiger partial charge in [-0.2, -0.15) is 0 Å². The Balaban J connectivity index is 1.27. The number of H-pyrrole nitrogens is 1. The molecule has 1 saturated heterocycles. The van der Waals surface area contributed by atoms with E-state index in [2.05, 4.69) is 15.2 Å². The number of aromatic nitrogens is 2. The van der Waals surface area contributed by atoms with Crippen LogP contribution in [0, 0.1) is 0 Å². The van der Waals surface area contributed by atoms with Gasteiger partial charge in [-0.05, 0) is 12.1 Å². The number of morpholine rings is 1. The Morgan fingerprint density at radius 2 is 1.44 bits per heavy atom. The predicted molar refractivity (Wildman–Crippen MR) is 146 cm³/mol. The summed E-state index contributed by atoms with van der Waals surface area (Å²) in [5.41, 5.74) is 3.15. The first-order chi connectivity index (χ1) is 20.0. The molecule has 1 unspecified atom stereocenters. The zero-order chi connectivity index (χ0) is 27.7. The van der Waals surface area contributed by atoms with E-state index in [-0.39, 0.29) is 31.3 Å². The van der Waals surface area contributed by atoms with Crippen LogP contribution >= 0.6 is 0 Å². The molecule has 0 saturated carbocycles. The average Bonchev–Trinajstić information content (AvgIpc) is 3.78. The number of benzene rings is 2. The van der Waals surface area contributed by atoms with Gasteiger partial charge in [0.05, 0.1) is 36.0 Å². The van der Waals surface area contributed by atoms with Crippen LogP contribution in [0.15, 0.2) is 36.7 Å². The quantitative estimate of drug-likeness (QED) is 0.303. The number of aliphatic hydroxyl groups excluding tert-OH is 1. The van der Waals surface area contributed by atoms with E-state index < -0.39 is 17.9 Å². The van der Waals surface area contributed by atoms with Gasteiger partial charge in [0.25, 0.3) is 11.8 Å². The topological polar surface area (TPSA) is 137 Å². The Morgan fingerprint density at radius 3 is 2.17 bits per heavy atom. The molecular formula is C29H26N4O8. The van der Waals surface area contributed by atoms with Gasteiger partial charge in [-0.15, -0.1) is 0 Å². The van der Waals surface area contributed by atoms with Crippen molar-refractivity contribution in [2.75, 3.05) is 46.4 Å². The van der Waals surface area contributed by atoms with Crippen LogP contribution in [0.3, 0.4) is 0 Å². The third-order valence-corrected chi connectivity index (χ3v) is 8.00. The van der Waals surface area contributed by atoms with E-state index in [1.54, 1.807) is 6.20 Å². The molecule has 4 aromatic rings. The van der Waals surface area contributed by atoms with Crippen LogP contribution in [0.25, 0.3) is 33.0 Å². The number of aliphatic hydroxyl groups is 1. The van der Waals surface area contributed by atoms with E-state index in [0.717, 1.165) is 29.5 Å². The number of hydrogen-bond acceptors (Lipinski definition) is 9. The number of β-amino-alcohol motifs (C(OH)–C–C–N with tert-alkyl or cyclic N) is 1. The van der Waals surface area contributed by atoms with Crippen molar-refractivity contribution in [2.24, 2.45) is 0 Å². The van der Waals surface area contributed by atoms with Gasteiger partial charge in [0, 0.05) is 78.1 Å². The number of amides is 2. The van der Waals surface area contributed by atoms with Crippen LogP contribution in [0.1, 0.15) is 11.1 Å². The predicted octanol–water partition coefficient (Wildman–Crippen LogP) is 1.84. The average molecular weight is 559 g/mol. The van der Waals surface area contributed by atoms with Crippen molar-refractivity contribution < 1.29 is 38.4 Å². The second-order valence-corrected chi connectivity index (χ2v) is 10.5. The maximum atomic E-state index is 13.4. The first-order valence-corrected chi connectivity index (χ1v) is 13.5. The largest absolute Gasteiger partial charge is 0.454 e. The van der Waals surface area contributed by atoms with Gasteiger partial charge in [-0.1, -0.05) is 0 Å². The maximum absolute atomic E-state index is 13.4. The van der Waals surface area contributed by atoms with E-state index in [1.165, 1.54) is 0 Å². The molecule has 210 valence electrons. The molecule has 0 bridgehead atoms. The molecule has 2 amide bonds. The van der Waals surface area contributed by atoms with Gasteiger partial charge in [-0.3, -0.25) is 19.8 Å². The van der Waals surface area contributed by atoms with Gasteiger partial charge in [-0.25, -0.2) is 0 Å². The first-order valence-electron chi connectivity index (χ1n) is 13.5. The van der Waals surface area contributed by atoms with E-state index >= 15 is 0 Å². The minimum atomic E-state index is -0.674. The molecule has 6 heterocycles. The molecule has 12 heteroatoms. The second-order valence-electron chi connectivity index (χ2n) is 10.5. The van der Waals surface area contributed by atoms with E-state index in [4.69, 9.17) is 23.7 Å². The van der Waals surface area contributed by atoms with Gasteiger partial charge >= 0.3 is 0 Å². The van der Waals surface area contributed by atoms with Crippen LogP contribution in [0.5, 0.6) is 23.0 Å². The van der Waals surface area contributed by atoms with Crippen LogP contribution in [-0.4, -0.2) is 83.9 Å². The van der Waals surface area contributed by atoms with Crippen molar-refractivity contribution >= 4 is 44.8 Å². The fourth-order valence-electron chi connectivity index (χ4n) is 6.08. The fourth-order valence-corrected chi connectivity index (χ4v) is 6.08. The number of carbonyl (C=O) groups is 2. The summed E-state index contributed by atoms with van der Waals surface area (Å²) in [6.45, 7) is 3.79. The number of carbonyl (C=O) groups excluding carboxylic acids is 2. The number of imide groups is 1. The number of ether oxygens (including phenoxy) is 5. The number of fused-ring (bicyclic) bond motifs is 4. The second kappa shape index (κ2) is 9.26. The molecule has 0 radical (unpaired) electrons. The summed E-state index contributed by atoms with van der Waals surface area (Å²) in [7, 11) is 0. The Bertz CT molecular complexity index is 1780. The molecular weight excluding hydrogens is 532 g/mol. The summed E-state index contributed by atoms with van der Waals surface area (Å²) in [6, 6.07) is 7.31.